The summed E-state index contributed by atoms with van der Waals surface area (Å²) in [6, 6.07) is 15.4. The molecule has 0 fully saturated rings. The smallest absolute Gasteiger partial charge is 0.283 e. The van der Waals surface area contributed by atoms with Crippen LogP contribution in [0.3, 0.4) is 0 Å². The topological polar surface area (TPSA) is 81.9 Å². The molecule has 7 nitrogen and oxygen atoms in total. The molecule has 3 aromatic rings. The van der Waals surface area contributed by atoms with E-state index in [-0.39, 0.29) is 29.3 Å². The van der Waals surface area contributed by atoms with Crippen LogP contribution in [-0.2, 0) is 6.54 Å². The minimum absolute atomic E-state index is 0.127. The first-order valence-corrected chi connectivity index (χ1v) is 11.4. The maximum absolute atomic E-state index is 13.6. The number of nitrogens with zero attached hydrogens (tertiary/aromatic N) is 2. The van der Waals surface area contributed by atoms with E-state index in [0.717, 1.165) is 5.56 Å². The van der Waals surface area contributed by atoms with Gasteiger partial charge in [0.15, 0.2) is 11.5 Å². The number of hydrogen-bond donors (Lipinski definition) is 0. The van der Waals surface area contributed by atoms with Crippen molar-refractivity contribution in [2.24, 2.45) is 0 Å². The molecule has 34 heavy (non-hydrogen) atoms. The zero-order valence-corrected chi connectivity index (χ0v) is 19.7. The average Bonchev–Trinajstić information content (AvgIpc) is 3.25. The highest BCUT2D eigenvalue weighted by molar-refractivity contribution is 8.00. The molecule has 0 aliphatic carbocycles. The van der Waals surface area contributed by atoms with Gasteiger partial charge in [0.25, 0.3) is 11.6 Å². The number of ether oxygens (including phenoxy) is 2. The third-order valence-electron chi connectivity index (χ3n) is 4.98. The van der Waals surface area contributed by atoms with E-state index in [9.17, 15) is 19.3 Å². The van der Waals surface area contributed by atoms with E-state index in [1.54, 1.807) is 24.3 Å². The summed E-state index contributed by atoms with van der Waals surface area (Å²) >= 11 is 1.36. The van der Waals surface area contributed by atoms with E-state index in [4.69, 9.17) is 9.47 Å². The highest BCUT2D eigenvalue weighted by Crippen LogP contribution is 2.39. The number of carbonyl (C=O) groups excluding carboxylic acids is 1. The van der Waals surface area contributed by atoms with Crippen molar-refractivity contribution in [3.8, 4) is 11.5 Å². The van der Waals surface area contributed by atoms with Crippen LogP contribution in [0, 0.1) is 15.9 Å². The van der Waals surface area contributed by atoms with Crippen LogP contribution < -0.4 is 14.4 Å². The van der Waals surface area contributed by atoms with Crippen molar-refractivity contribution in [1.29, 1.82) is 0 Å². The summed E-state index contributed by atoms with van der Waals surface area (Å²) in [5, 5.41) is 11.8. The van der Waals surface area contributed by atoms with Crippen LogP contribution in [0.2, 0.25) is 0 Å². The van der Waals surface area contributed by atoms with E-state index in [1.807, 2.05) is 26.8 Å². The summed E-state index contributed by atoms with van der Waals surface area (Å²) in [5.74, 6) is 0.312. The first-order chi connectivity index (χ1) is 16.1. The fourth-order valence-electron chi connectivity index (χ4n) is 3.49. The van der Waals surface area contributed by atoms with Crippen LogP contribution in [0.5, 0.6) is 11.5 Å². The van der Waals surface area contributed by atoms with Crippen molar-refractivity contribution in [3.63, 3.8) is 0 Å². The summed E-state index contributed by atoms with van der Waals surface area (Å²) in [6.45, 7) is 6.15. The molecule has 0 aromatic heterocycles. The molecular formula is C25H23FN2O5S. The van der Waals surface area contributed by atoms with Gasteiger partial charge in [-0.05, 0) is 54.1 Å². The van der Waals surface area contributed by atoms with Gasteiger partial charge in [-0.3, -0.25) is 14.9 Å². The zero-order valence-electron chi connectivity index (χ0n) is 18.9. The minimum Gasteiger partial charge on any atom is -0.454 e. The Balaban J connectivity index is 1.71. The molecule has 1 heterocycles. The normalized spacial score (nSPS) is 12.5. The van der Waals surface area contributed by atoms with E-state index in [0.29, 0.717) is 22.1 Å². The summed E-state index contributed by atoms with van der Waals surface area (Å²) in [6.07, 6.45) is 0. The Hall–Kier alpha value is -3.59. The summed E-state index contributed by atoms with van der Waals surface area (Å²) in [5.41, 5.74) is 1.25. The number of fused-ring (bicyclic) bond motifs is 1. The Bertz CT molecular complexity index is 1240. The van der Waals surface area contributed by atoms with Gasteiger partial charge in [0.05, 0.1) is 16.4 Å². The molecular weight excluding hydrogens is 459 g/mol. The van der Waals surface area contributed by atoms with Gasteiger partial charge in [-0.25, -0.2) is 4.39 Å². The van der Waals surface area contributed by atoms with Gasteiger partial charge in [0.1, 0.15) is 5.82 Å². The molecule has 0 unspecified atom stereocenters. The van der Waals surface area contributed by atoms with Gasteiger partial charge in [-0.2, -0.15) is 0 Å². The van der Waals surface area contributed by atoms with Gasteiger partial charge in [0, 0.05) is 22.1 Å². The molecule has 0 spiro atoms. The number of hydrogen-bond acceptors (Lipinski definition) is 6. The summed E-state index contributed by atoms with van der Waals surface area (Å²) in [7, 11) is 0. The molecule has 0 radical (unpaired) electrons. The summed E-state index contributed by atoms with van der Waals surface area (Å²) in [4.78, 5) is 26.8. The number of rotatable bonds is 6. The standard InChI is InChI=1S/C25H23FN2O5S/c1-25(2,3)34-23-11-5-17(13-20(23)28(30)31)24(29)27(19-8-6-18(26)7-9-19)14-16-4-10-21-22(12-16)33-15-32-21/h4-13H,14-15H2,1-3H3. The van der Waals surface area contributed by atoms with Crippen molar-refractivity contribution < 1.29 is 23.6 Å². The van der Waals surface area contributed by atoms with E-state index < -0.39 is 16.6 Å². The molecule has 0 N–H and O–H groups in total. The van der Waals surface area contributed by atoms with Crippen molar-refractivity contribution in [2.45, 2.75) is 37.0 Å². The molecule has 0 bridgehead atoms. The van der Waals surface area contributed by atoms with Crippen LogP contribution in [0.4, 0.5) is 15.8 Å². The Morgan fingerprint density at radius 1 is 1.06 bits per heavy atom. The maximum Gasteiger partial charge on any atom is 0.283 e. The molecule has 1 aliphatic rings. The number of halogens is 1. The third-order valence-corrected chi connectivity index (χ3v) is 6.16. The monoisotopic (exact) mass is 482 g/mol. The lowest BCUT2D eigenvalue weighted by Gasteiger charge is -2.24. The van der Waals surface area contributed by atoms with Gasteiger partial charge in [-0.15, -0.1) is 11.8 Å². The minimum atomic E-state index is -0.481. The lowest BCUT2D eigenvalue weighted by Crippen LogP contribution is -2.30. The second-order valence-corrected chi connectivity index (χ2v) is 10.6. The lowest BCUT2D eigenvalue weighted by atomic mass is 10.1. The van der Waals surface area contributed by atoms with Crippen LogP contribution in [0.1, 0.15) is 36.7 Å². The van der Waals surface area contributed by atoms with E-state index >= 15 is 0 Å². The number of nitro benzene ring substituents is 1. The lowest BCUT2D eigenvalue weighted by molar-refractivity contribution is -0.387. The summed E-state index contributed by atoms with van der Waals surface area (Å²) < 4.78 is 24.1. The van der Waals surface area contributed by atoms with E-state index in [2.05, 4.69) is 0 Å². The largest absolute Gasteiger partial charge is 0.454 e. The highest BCUT2D eigenvalue weighted by atomic mass is 32.2. The Labute approximate surface area is 200 Å². The molecule has 9 heteroatoms. The predicted octanol–water partition coefficient (Wildman–Crippen LogP) is 6.20. The SMILES string of the molecule is CC(C)(C)Sc1ccc(C(=O)N(Cc2ccc3c(c2)OCO3)c2ccc(F)cc2)cc1[N+](=O)[O-]. The molecule has 3 aromatic carbocycles. The Morgan fingerprint density at radius 3 is 2.44 bits per heavy atom. The number of nitro groups is 1. The first kappa shape index (κ1) is 23.6. The van der Waals surface area contributed by atoms with Crippen LogP contribution in [-0.4, -0.2) is 22.4 Å². The molecule has 0 saturated heterocycles. The van der Waals surface area contributed by atoms with Gasteiger partial charge in [-0.1, -0.05) is 26.8 Å². The first-order valence-electron chi connectivity index (χ1n) is 10.5. The van der Waals surface area contributed by atoms with Crippen molar-refractivity contribution in [1.82, 2.24) is 0 Å². The van der Waals surface area contributed by atoms with Crippen molar-refractivity contribution in [3.05, 3.63) is 87.7 Å². The number of benzene rings is 3. The van der Waals surface area contributed by atoms with E-state index in [1.165, 1.54) is 47.0 Å². The molecule has 4 rings (SSSR count). The van der Waals surface area contributed by atoms with Crippen molar-refractivity contribution in [2.75, 3.05) is 11.7 Å². The number of thioether (sulfide) groups is 1. The molecule has 1 amide bonds. The highest BCUT2D eigenvalue weighted by Gasteiger charge is 2.26. The quantitative estimate of drug-likeness (QED) is 0.236. The maximum atomic E-state index is 13.6. The number of carbonyl (C=O) groups is 1. The average molecular weight is 483 g/mol. The molecule has 0 atom stereocenters. The molecule has 176 valence electrons. The van der Waals surface area contributed by atoms with Crippen LogP contribution >= 0.6 is 11.8 Å². The predicted molar refractivity (Wildman–Crippen MR) is 128 cm³/mol. The van der Waals surface area contributed by atoms with Crippen molar-refractivity contribution >= 4 is 29.0 Å². The third kappa shape index (κ3) is 5.31. The van der Waals surface area contributed by atoms with Gasteiger partial charge < -0.3 is 14.4 Å². The van der Waals surface area contributed by atoms with Crippen LogP contribution in [0.25, 0.3) is 0 Å². The molecule has 0 saturated carbocycles. The fourth-order valence-corrected chi connectivity index (χ4v) is 4.52. The van der Waals surface area contributed by atoms with Gasteiger partial charge >= 0.3 is 0 Å². The molecule has 1 aliphatic heterocycles. The Kier molecular flexibility index (Phi) is 6.47. The van der Waals surface area contributed by atoms with Gasteiger partial charge in [0.2, 0.25) is 6.79 Å². The second kappa shape index (κ2) is 9.34. The zero-order chi connectivity index (χ0) is 24.5. The van der Waals surface area contributed by atoms with Crippen LogP contribution in [0.15, 0.2) is 65.6 Å². The second-order valence-electron chi connectivity index (χ2n) is 8.71. The number of anilines is 1. The Morgan fingerprint density at radius 2 is 1.76 bits per heavy atom. The fraction of sp³-hybridized carbons (Fsp3) is 0.240. The number of amides is 1.